The van der Waals surface area contributed by atoms with Gasteiger partial charge in [-0.1, -0.05) is 30.3 Å². The molecule has 2 rings (SSSR count). The predicted octanol–water partition coefficient (Wildman–Crippen LogP) is 1.51. The van der Waals surface area contributed by atoms with E-state index >= 15 is 0 Å². The molecule has 0 radical (unpaired) electrons. The van der Waals surface area contributed by atoms with Gasteiger partial charge < -0.3 is 14.7 Å². The van der Waals surface area contributed by atoms with Gasteiger partial charge in [-0.15, -0.1) is 0 Å². The second kappa shape index (κ2) is 8.46. The molecule has 1 aromatic carbocycles. The number of benzene rings is 1. The number of hydrogen-bond donors (Lipinski definition) is 1. The molecule has 7 nitrogen and oxygen atoms in total. The zero-order chi connectivity index (χ0) is 17.6. The highest BCUT2D eigenvalue weighted by Crippen LogP contribution is 2.23. The van der Waals surface area contributed by atoms with Crippen LogP contribution < -0.4 is 0 Å². The number of rotatable bonds is 7. The molecule has 0 unspecified atom stereocenters. The van der Waals surface area contributed by atoms with Gasteiger partial charge in [0.2, 0.25) is 0 Å². The predicted molar refractivity (Wildman–Crippen MR) is 87.8 cm³/mol. The lowest BCUT2D eigenvalue weighted by molar-refractivity contribution is 0.0609. The van der Waals surface area contributed by atoms with E-state index in [0.29, 0.717) is 6.54 Å². The normalized spacial score (nSPS) is 19.2. The van der Waals surface area contributed by atoms with E-state index < -0.39 is 22.3 Å². The second-order valence-electron chi connectivity index (χ2n) is 5.91. The molecule has 1 fully saturated rings. The van der Waals surface area contributed by atoms with Gasteiger partial charge in [0.25, 0.3) is 10.1 Å². The average Bonchev–Trinajstić information content (AvgIpc) is 2.99. The molecule has 0 aromatic heterocycles. The summed E-state index contributed by atoms with van der Waals surface area (Å²) in [6, 6.07) is 9.22. The molecule has 0 bridgehead atoms. The van der Waals surface area contributed by atoms with Crippen LogP contribution in [0.5, 0.6) is 0 Å². The minimum atomic E-state index is -3.59. The summed E-state index contributed by atoms with van der Waals surface area (Å²) in [6.07, 6.45) is 1.39. The maximum atomic E-state index is 12.2. The van der Waals surface area contributed by atoms with Gasteiger partial charge >= 0.3 is 6.09 Å². The van der Waals surface area contributed by atoms with Crippen LogP contribution in [0.25, 0.3) is 0 Å². The zero-order valence-corrected chi connectivity index (χ0v) is 14.4. The van der Waals surface area contributed by atoms with Crippen LogP contribution in [0.15, 0.2) is 30.3 Å². The van der Waals surface area contributed by atoms with Crippen LogP contribution in [0.4, 0.5) is 4.79 Å². The maximum absolute atomic E-state index is 12.2. The summed E-state index contributed by atoms with van der Waals surface area (Å²) in [6.45, 7) is 0.461. The van der Waals surface area contributed by atoms with Crippen molar-refractivity contribution in [1.82, 2.24) is 4.90 Å². The molecule has 0 spiro atoms. The third-order valence-electron chi connectivity index (χ3n) is 3.84. The fraction of sp³-hybridized carbons (Fsp3) is 0.562. The molecule has 1 aliphatic rings. The summed E-state index contributed by atoms with van der Waals surface area (Å²) in [5, 5.41) is 9.91. The number of aliphatic hydroxyl groups excluding tert-OH is 1. The van der Waals surface area contributed by atoms with E-state index in [4.69, 9.17) is 4.74 Å². The van der Waals surface area contributed by atoms with Gasteiger partial charge in [-0.3, -0.25) is 4.18 Å². The lowest BCUT2D eigenvalue weighted by Gasteiger charge is -2.25. The van der Waals surface area contributed by atoms with Crippen molar-refractivity contribution in [3.63, 3.8) is 0 Å². The van der Waals surface area contributed by atoms with Crippen molar-refractivity contribution in [3.05, 3.63) is 35.9 Å². The van der Waals surface area contributed by atoms with Crippen molar-refractivity contribution in [2.45, 2.75) is 38.0 Å². The van der Waals surface area contributed by atoms with Gasteiger partial charge in [0.1, 0.15) is 6.61 Å². The Kier molecular flexibility index (Phi) is 6.59. The lowest BCUT2D eigenvalue weighted by Crippen LogP contribution is -2.38. The molecular weight excluding hydrogens is 334 g/mol. The molecule has 1 saturated heterocycles. The van der Waals surface area contributed by atoms with E-state index in [1.54, 1.807) is 4.90 Å². The number of hydrogen-bond acceptors (Lipinski definition) is 6. The lowest BCUT2D eigenvalue weighted by atomic mass is 10.1. The molecule has 1 amide bonds. The SMILES string of the molecule is CS(=O)(=O)OC[C@@H](O)C[C@H]1CCCN1C(=O)OCc1ccccc1. The van der Waals surface area contributed by atoms with Crippen LogP contribution in [-0.2, 0) is 25.6 Å². The Hall–Kier alpha value is -1.64. The van der Waals surface area contributed by atoms with E-state index in [-0.39, 0.29) is 25.7 Å². The number of carbonyl (C=O) groups is 1. The first-order valence-corrected chi connectivity index (χ1v) is 9.66. The molecule has 8 heteroatoms. The number of aliphatic hydroxyl groups is 1. The van der Waals surface area contributed by atoms with Crippen molar-refractivity contribution in [2.24, 2.45) is 0 Å². The molecule has 1 heterocycles. The minimum absolute atomic E-state index is 0.175. The van der Waals surface area contributed by atoms with Crippen LogP contribution in [0, 0.1) is 0 Å². The Morgan fingerprint density at radius 1 is 1.38 bits per heavy atom. The Labute approximate surface area is 142 Å². The number of ether oxygens (including phenoxy) is 1. The summed E-state index contributed by atoms with van der Waals surface area (Å²) in [7, 11) is -3.59. The first-order chi connectivity index (χ1) is 11.3. The van der Waals surface area contributed by atoms with Crippen molar-refractivity contribution in [1.29, 1.82) is 0 Å². The maximum Gasteiger partial charge on any atom is 0.410 e. The smallest absolute Gasteiger partial charge is 0.410 e. The highest BCUT2D eigenvalue weighted by atomic mass is 32.2. The Morgan fingerprint density at radius 3 is 2.75 bits per heavy atom. The van der Waals surface area contributed by atoms with E-state index in [0.717, 1.165) is 24.7 Å². The number of nitrogens with zero attached hydrogens (tertiary/aromatic N) is 1. The second-order valence-corrected chi connectivity index (χ2v) is 7.55. The van der Waals surface area contributed by atoms with Crippen LogP contribution >= 0.6 is 0 Å². The van der Waals surface area contributed by atoms with Gasteiger partial charge in [-0.2, -0.15) is 8.42 Å². The molecule has 134 valence electrons. The molecule has 24 heavy (non-hydrogen) atoms. The summed E-state index contributed by atoms with van der Waals surface area (Å²) < 4.78 is 31.8. The minimum Gasteiger partial charge on any atom is -0.445 e. The third kappa shape index (κ3) is 6.10. The molecule has 2 atom stereocenters. The van der Waals surface area contributed by atoms with Gasteiger partial charge in [0, 0.05) is 12.6 Å². The van der Waals surface area contributed by atoms with E-state index in [1.807, 2.05) is 30.3 Å². The van der Waals surface area contributed by atoms with Crippen molar-refractivity contribution < 1.29 is 27.2 Å². The van der Waals surface area contributed by atoms with Crippen LogP contribution in [0.3, 0.4) is 0 Å². The van der Waals surface area contributed by atoms with Gasteiger partial charge in [-0.25, -0.2) is 4.79 Å². The molecule has 1 N–H and O–H groups in total. The zero-order valence-electron chi connectivity index (χ0n) is 13.6. The van der Waals surface area contributed by atoms with Crippen molar-refractivity contribution in [3.8, 4) is 0 Å². The van der Waals surface area contributed by atoms with E-state index in [9.17, 15) is 18.3 Å². The monoisotopic (exact) mass is 357 g/mol. The molecule has 0 aliphatic carbocycles. The highest BCUT2D eigenvalue weighted by molar-refractivity contribution is 7.85. The Morgan fingerprint density at radius 2 is 2.08 bits per heavy atom. The van der Waals surface area contributed by atoms with Crippen molar-refractivity contribution in [2.75, 3.05) is 19.4 Å². The van der Waals surface area contributed by atoms with Crippen LogP contribution in [0.2, 0.25) is 0 Å². The third-order valence-corrected chi connectivity index (χ3v) is 4.40. The number of amides is 1. The fourth-order valence-corrected chi connectivity index (χ4v) is 3.11. The average molecular weight is 357 g/mol. The standard InChI is InChI=1S/C16H23NO6S/c1-24(20,21)23-12-15(18)10-14-8-5-9-17(14)16(19)22-11-13-6-3-2-4-7-13/h2-4,6-7,14-15,18H,5,8-12H2,1H3/t14-,15+/m1/s1. The first-order valence-electron chi connectivity index (χ1n) is 7.85. The van der Waals surface area contributed by atoms with Gasteiger partial charge in [0.15, 0.2) is 0 Å². The topological polar surface area (TPSA) is 93.1 Å². The summed E-state index contributed by atoms with van der Waals surface area (Å²) in [5.41, 5.74) is 0.906. The summed E-state index contributed by atoms with van der Waals surface area (Å²) in [5.74, 6) is 0. The Bertz CT molecular complexity index is 633. The summed E-state index contributed by atoms with van der Waals surface area (Å²) >= 11 is 0. The van der Waals surface area contributed by atoms with Gasteiger partial charge in [-0.05, 0) is 24.8 Å². The quantitative estimate of drug-likeness (QED) is 0.744. The summed E-state index contributed by atoms with van der Waals surface area (Å²) in [4.78, 5) is 13.8. The van der Waals surface area contributed by atoms with Crippen LogP contribution in [-0.4, -0.2) is 56.1 Å². The molecule has 1 aromatic rings. The van der Waals surface area contributed by atoms with Crippen LogP contribution in [0.1, 0.15) is 24.8 Å². The van der Waals surface area contributed by atoms with Gasteiger partial charge in [0.05, 0.1) is 19.0 Å². The Balaban J connectivity index is 1.82. The highest BCUT2D eigenvalue weighted by Gasteiger charge is 2.31. The van der Waals surface area contributed by atoms with Crippen molar-refractivity contribution >= 4 is 16.2 Å². The number of likely N-dealkylation sites (tertiary alicyclic amines) is 1. The largest absolute Gasteiger partial charge is 0.445 e. The first kappa shape index (κ1) is 18.7. The molecule has 0 saturated carbocycles. The fourth-order valence-electron chi connectivity index (χ4n) is 2.71. The number of carbonyl (C=O) groups excluding carboxylic acids is 1. The van der Waals surface area contributed by atoms with E-state index in [2.05, 4.69) is 4.18 Å². The van der Waals surface area contributed by atoms with E-state index in [1.165, 1.54) is 0 Å². The molecule has 1 aliphatic heterocycles. The molecular formula is C16H23NO6S.